The number of nitrogens with two attached hydrogens (primary N) is 1. The number of hydrogen-bond donors (Lipinski definition) is 2. The van der Waals surface area contributed by atoms with E-state index >= 15 is 0 Å². The number of benzene rings is 1. The van der Waals surface area contributed by atoms with Gasteiger partial charge in [0.15, 0.2) is 0 Å². The summed E-state index contributed by atoms with van der Waals surface area (Å²) in [7, 11) is 1.62. The van der Waals surface area contributed by atoms with Crippen molar-refractivity contribution in [1.82, 2.24) is 5.32 Å². The van der Waals surface area contributed by atoms with E-state index in [1.165, 1.54) is 0 Å². The van der Waals surface area contributed by atoms with Crippen molar-refractivity contribution in [2.45, 2.75) is 32.4 Å². The molecule has 3 N–H and O–H groups in total. The van der Waals surface area contributed by atoms with E-state index < -0.39 is 0 Å². The maximum Gasteiger partial charge on any atom is 0.222 e. The number of ether oxygens (including phenoxy) is 1. The third kappa shape index (κ3) is 4.94. The predicted octanol–water partition coefficient (Wildman–Crippen LogP) is 2.03. The van der Waals surface area contributed by atoms with Crippen LogP contribution in [0.5, 0.6) is 5.75 Å². The first kappa shape index (κ1) is 16.7. The highest BCUT2D eigenvalue weighted by Gasteiger charge is 2.14. The number of carbonyl (C=O) groups is 1. The number of amides is 1. The van der Waals surface area contributed by atoms with Gasteiger partial charge in [-0.2, -0.15) is 0 Å². The van der Waals surface area contributed by atoms with Gasteiger partial charge >= 0.3 is 0 Å². The number of hydrogen-bond acceptors (Lipinski definition) is 3. The van der Waals surface area contributed by atoms with Gasteiger partial charge in [0, 0.05) is 18.0 Å². The zero-order valence-corrected chi connectivity index (χ0v) is 11.8. The van der Waals surface area contributed by atoms with Gasteiger partial charge in [0.1, 0.15) is 5.75 Å². The van der Waals surface area contributed by atoms with Crippen LogP contribution in [0, 0.1) is 0 Å². The third-order valence-corrected chi connectivity index (χ3v) is 2.49. The fourth-order valence-corrected chi connectivity index (χ4v) is 1.69. The number of rotatable bonds is 5. The molecule has 4 nitrogen and oxygen atoms in total. The summed E-state index contributed by atoms with van der Waals surface area (Å²) in [6.45, 7) is 3.74. The van der Waals surface area contributed by atoms with E-state index in [1.807, 2.05) is 38.1 Å². The standard InChI is InChI=1S/C13H20N2O2.ClH/c1-9(14)8-13(16)15-10(2)11-6-4-5-7-12(11)17-3;/h4-7,9-10H,8,14H2,1-3H3,(H,15,16);1H. The lowest BCUT2D eigenvalue weighted by Crippen LogP contribution is -2.31. The number of halogens is 1. The van der Waals surface area contributed by atoms with Gasteiger partial charge in [0.2, 0.25) is 5.91 Å². The van der Waals surface area contributed by atoms with E-state index in [0.29, 0.717) is 6.42 Å². The highest BCUT2D eigenvalue weighted by molar-refractivity contribution is 5.85. The van der Waals surface area contributed by atoms with Gasteiger partial charge in [0.25, 0.3) is 0 Å². The topological polar surface area (TPSA) is 64.3 Å². The van der Waals surface area contributed by atoms with Crippen molar-refractivity contribution in [2.24, 2.45) is 5.73 Å². The fraction of sp³-hybridized carbons (Fsp3) is 0.462. The molecule has 5 heteroatoms. The van der Waals surface area contributed by atoms with Crippen molar-refractivity contribution >= 4 is 18.3 Å². The Kier molecular flexibility index (Phi) is 7.39. The Morgan fingerprint density at radius 3 is 2.56 bits per heavy atom. The van der Waals surface area contributed by atoms with E-state index in [1.54, 1.807) is 7.11 Å². The molecule has 0 aliphatic rings. The fourth-order valence-electron chi connectivity index (χ4n) is 1.69. The second-order valence-electron chi connectivity index (χ2n) is 4.21. The molecule has 102 valence electrons. The Hall–Kier alpha value is -1.26. The molecule has 0 saturated carbocycles. The minimum atomic E-state index is -0.125. The molecule has 0 saturated heterocycles. The van der Waals surface area contributed by atoms with Crippen molar-refractivity contribution in [1.29, 1.82) is 0 Å². The minimum absolute atomic E-state index is 0. The molecule has 0 bridgehead atoms. The lowest BCUT2D eigenvalue weighted by Gasteiger charge is -2.17. The van der Waals surface area contributed by atoms with Crippen molar-refractivity contribution < 1.29 is 9.53 Å². The maximum absolute atomic E-state index is 11.6. The van der Waals surface area contributed by atoms with E-state index in [4.69, 9.17) is 10.5 Å². The summed E-state index contributed by atoms with van der Waals surface area (Å²) >= 11 is 0. The molecular weight excluding hydrogens is 252 g/mol. The van der Waals surface area contributed by atoms with E-state index in [0.717, 1.165) is 11.3 Å². The Morgan fingerprint density at radius 2 is 2.00 bits per heavy atom. The number of methoxy groups -OCH3 is 1. The molecule has 1 rings (SSSR count). The average Bonchev–Trinajstić information content (AvgIpc) is 2.27. The van der Waals surface area contributed by atoms with Gasteiger partial charge in [-0.05, 0) is 19.9 Å². The minimum Gasteiger partial charge on any atom is -0.496 e. The normalized spacial score (nSPS) is 13.1. The average molecular weight is 273 g/mol. The Labute approximate surface area is 114 Å². The van der Waals surface area contributed by atoms with Crippen molar-refractivity contribution in [3.05, 3.63) is 29.8 Å². The molecule has 0 aliphatic carbocycles. The van der Waals surface area contributed by atoms with Crippen LogP contribution in [0.4, 0.5) is 0 Å². The molecule has 1 aromatic carbocycles. The summed E-state index contributed by atoms with van der Waals surface area (Å²) in [5.74, 6) is 0.736. The van der Waals surface area contributed by atoms with E-state index in [-0.39, 0.29) is 30.4 Å². The molecule has 1 aromatic rings. The van der Waals surface area contributed by atoms with Crippen LogP contribution in [-0.2, 0) is 4.79 Å². The highest BCUT2D eigenvalue weighted by atomic mass is 35.5. The first-order chi connectivity index (χ1) is 8.04. The molecule has 0 aromatic heterocycles. The lowest BCUT2D eigenvalue weighted by atomic mass is 10.1. The first-order valence-electron chi connectivity index (χ1n) is 5.72. The molecule has 0 spiro atoms. The third-order valence-electron chi connectivity index (χ3n) is 2.49. The summed E-state index contributed by atoms with van der Waals surface area (Å²) < 4.78 is 5.25. The second kappa shape index (κ2) is 7.95. The summed E-state index contributed by atoms with van der Waals surface area (Å²) in [6.07, 6.45) is 0.333. The second-order valence-corrected chi connectivity index (χ2v) is 4.21. The van der Waals surface area contributed by atoms with Crippen LogP contribution in [0.2, 0.25) is 0 Å². The van der Waals surface area contributed by atoms with Gasteiger partial charge in [-0.15, -0.1) is 12.4 Å². The van der Waals surface area contributed by atoms with Crippen molar-refractivity contribution in [3.63, 3.8) is 0 Å². The Bertz CT molecular complexity index is 383. The SMILES string of the molecule is COc1ccccc1C(C)NC(=O)CC(C)N.Cl. The summed E-state index contributed by atoms with van der Waals surface area (Å²) in [4.78, 5) is 11.6. The smallest absolute Gasteiger partial charge is 0.222 e. The number of nitrogens with one attached hydrogen (secondary N) is 1. The van der Waals surface area contributed by atoms with Gasteiger partial charge in [0.05, 0.1) is 13.2 Å². The van der Waals surface area contributed by atoms with E-state index in [9.17, 15) is 4.79 Å². The van der Waals surface area contributed by atoms with Crippen LogP contribution in [-0.4, -0.2) is 19.1 Å². The van der Waals surface area contributed by atoms with Gasteiger partial charge in [-0.25, -0.2) is 0 Å². The largest absolute Gasteiger partial charge is 0.496 e. The highest BCUT2D eigenvalue weighted by Crippen LogP contribution is 2.24. The van der Waals surface area contributed by atoms with Crippen LogP contribution in [0.1, 0.15) is 31.9 Å². The van der Waals surface area contributed by atoms with Crippen LogP contribution < -0.4 is 15.8 Å². The molecule has 0 radical (unpaired) electrons. The molecule has 18 heavy (non-hydrogen) atoms. The van der Waals surface area contributed by atoms with Gasteiger partial charge in [-0.1, -0.05) is 18.2 Å². The molecule has 1 amide bonds. The number of carbonyl (C=O) groups excluding carboxylic acids is 1. The van der Waals surface area contributed by atoms with Crippen molar-refractivity contribution in [3.8, 4) is 5.75 Å². The molecule has 0 heterocycles. The van der Waals surface area contributed by atoms with Crippen molar-refractivity contribution in [2.75, 3.05) is 7.11 Å². The summed E-state index contributed by atoms with van der Waals surface area (Å²) in [5.41, 5.74) is 6.54. The molecule has 0 fully saturated rings. The molecular formula is C13H21ClN2O2. The predicted molar refractivity (Wildman–Crippen MR) is 75.1 cm³/mol. The first-order valence-corrected chi connectivity index (χ1v) is 5.72. The Morgan fingerprint density at radius 1 is 1.39 bits per heavy atom. The Balaban J connectivity index is 0.00000289. The monoisotopic (exact) mass is 272 g/mol. The number of para-hydroxylation sites is 1. The van der Waals surface area contributed by atoms with Crippen LogP contribution in [0.25, 0.3) is 0 Å². The molecule has 0 aliphatic heterocycles. The quantitative estimate of drug-likeness (QED) is 0.862. The van der Waals surface area contributed by atoms with Gasteiger partial charge in [-0.3, -0.25) is 4.79 Å². The van der Waals surface area contributed by atoms with Crippen LogP contribution in [0.3, 0.4) is 0 Å². The molecule has 2 atom stereocenters. The van der Waals surface area contributed by atoms with E-state index in [2.05, 4.69) is 5.32 Å². The van der Waals surface area contributed by atoms with Crippen LogP contribution >= 0.6 is 12.4 Å². The zero-order valence-electron chi connectivity index (χ0n) is 11.0. The summed E-state index contributed by atoms with van der Waals surface area (Å²) in [6, 6.07) is 7.43. The summed E-state index contributed by atoms with van der Waals surface area (Å²) in [5, 5.41) is 2.90. The molecule has 2 unspecified atom stereocenters. The zero-order chi connectivity index (χ0) is 12.8. The lowest BCUT2D eigenvalue weighted by molar-refractivity contribution is -0.122. The van der Waals surface area contributed by atoms with Gasteiger partial charge < -0.3 is 15.8 Å². The van der Waals surface area contributed by atoms with Crippen LogP contribution in [0.15, 0.2) is 24.3 Å². The maximum atomic E-state index is 11.6.